The minimum Gasteiger partial charge on any atom is -0.353 e. The Morgan fingerprint density at radius 3 is 2.67 bits per heavy atom. The van der Waals surface area contributed by atoms with Crippen molar-refractivity contribution < 1.29 is 4.79 Å². The molecule has 0 unspecified atom stereocenters. The van der Waals surface area contributed by atoms with E-state index in [1.54, 1.807) is 17.8 Å². The second kappa shape index (κ2) is 7.74. The topological polar surface area (TPSA) is 25.2 Å². The summed E-state index contributed by atoms with van der Waals surface area (Å²) in [4.78, 5) is 15.3. The third-order valence-corrected chi connectivity index (χ3v) is 4.21. The molecule has 0 fully saturated rings. The molecule has 3 nitrogen and oxygen atoms in total. The van der Waals surface area contributed by atoms with Crippen LogP contribution >= 0.6 is 11.8 Å². The largest absolute Gasteiger partial charge is 0.353 e. The van der Waals surface area contributed by atoms with Gasteiger partial charge >= 0.3 is 0 Å². The first kappa shape index (κ1) is 15.4. The zero-order chi connectivity index (χ0) is 15.1. The molecule has 1 amide bonds. The molecule has 2 rings (SSSR count). The predicted octanol–water partition coefficient (Wildman–Crippen LogP) is 3.33. The third-order valence-electron chi connectivity index (χ3n) is 3.21. The lowest BCUT2D eigenvalue weighted by atomic mass is 10.3. The smallest absolute Gasteiger partial charge is 0.233 e. The van der Waals surface area contributed by atoms with Gasteiger partial charge in [0.25, 0.3) is 0 Å². The van der Waals surface area contributed by atoms with E-state index in [0.29, 0.717) is 18.8 Å². The number of aromatic nitrogens is 1. The molecule has 0 bridgehead atoms. The minimum atomic E-state index is 0.130. The molecule has 1 aromatic heterocycles. The molecule has 4 heteroatoms. The lowest BCUT2D eigenvalue weighted by molar-refractivity contribution is -0.128. The van der Waals surface area contributed by atoms with Gasteiger partial charge in [-0.2, -0.15) is 0 Å². The van der Waals surface area contributed by atoms with Crippen LogP contribution in [-0.4, -0.2) is 27.7 Å². The van der Waals surface area contributed by atoms with Gasteiger partial charge in [-0.3, -0.25) is 4.79 Å². The van der Waals surface area contributed by atoms with E-state index >= 15 is 0 Å². The molecule has 0 saturated heterocycles. The summed E-state index contributed by atoms with van der Waals surface area (Å²) in [7, 11) is 1.99. The highest BCUT2D eigenvalue weighted by atomic mass is 32.2. The van der Waals surface area contributed by atoms with Crippen molar-refractivity contribution in [2.24, 2.45) is 7.05 Å². The summed E-state index contributed by atoms with van der Waals surface area (Å²) in [5.41, 5.74) is 1.12. The van der Waals surface area contributed by atoms with E-state index in [2.05, 4.69) is 6.58 Å². The molecule has 1 heterocycles. The van der Waals surface area contributed by atoms with Crippen LogP contribution in [0, 0.1) is 0 Å². The Morgan fingerprint density at radius 1 is 1.29 bits per heavy atom. The maximum atomic E-state index is 12.4. The SMILES string of the molecule is C=CCN(Cc1cccn1C)C(=O)CSc1ccccc1. The number of carbonyl (C=O) groups is 1. The maximum Gasteiger partial charge on any atom is 0.233 e. The first-order valence-corrected chi connectivity index (χ1v) is 7.86. The Labute approximate surface area is 130 Å². The number of rotatable bonds is 7. The molecule has 0 N–H and O–H groups in total. The number of aryl methyl sites for hydroxylation is 1. The Kier molecular flexibility index (Phi) is 5.69. The van der Waals surface area contributed by atoms with Gasteiger partial charge in [0.1, 0.15) is 0 Å². The number of benzene rings is 1. The van der Waals surface area contributed by atoms with Crippen LogP contribution in [0.25, 0.3) is 0 Å². The number of hydrogen-bond acceptors (Lipinski definition) is 2. The molecular weight excluding hydrogens is 280 g/mol. The normalized spacial score (nSPS) is 10.3. The second-order valence-electron chi connectivity index (χ2n) is 4.78. The van der Waals surface area contributed by atoms with Crippen molar-refractivity contribution in [1.29, 1.82) is 0 Å². The van der Waals surface area contributed by atoms with E-state index in [9.17, 15) is 4.79 Å². The summed E-state index contributed by atoms with van der Waals surface area (Å²) in [5.74, 6) is 0.576. The Balaban J connectivity index is 1.95. The van der Waals surface area contributed by atoms with Gasteiger partial charge < -0.3 is 9.47 Å². The van der Waals surface area contributed by atoms with Crippen molar-refractivity contribution >= 4 is 17.7 Å². The first-order chi connectivity index (χ1) is 10.2. The van der Waals surface area contributed by atoms with Crippen LogP contribution in [-0.2, 0) is 18.4 Å². The van der Waals surface area contributed by atoms with Gasteiger partial charge in [-0.15, -0.1) is 18.3 Å². The van der Waals surface area contributed by atoms with Crippen molar-refractivity contribution in [3.05, 3.63) is 67.0 Å². The number of thioether (sulfide) groups is 1. The number of amides is 1. The molecule has 0 aliphatic rings. The highest BCUT2D eigenvalue weighted by Gasteiger charge is 2.14. The highest BCUT2D eigenvalue weighted by molar-refractivity contribution is 8.00. The van der Waals surface area contributed by atoms with Gasteiger partial charge in [-0.05, 0) is 24.3 Å². The molecule has 1 aromatic carbocycles. The minimum absolute atomic E-state index is 0.130. The summed E-state index contributed by atoms with van der Waals surface area (Å²) in [6.45, 7) is 4.93. The van der Waals surface area contributed by atoms with Crippen molar-refractivity contribution in [2.45, 2.75) is 11.4 Å². The average molecular weight is 300 g/mol. The quantitative estimate of drug-likeness (QED) is 0.579. The third kappa shape index (κ3) is 4.53. The fraction of sp³-hybridized carbons (Fsp3) is 0.235. The molecule has 0 spiro atoms. The van der Waals surface area contributed by atoms with E-state index in [-0.39, 0.29) is 5.91 Å². The first-order valence-electron chi connectivity index (χ1n) is 6.87. The molecule has 0 aliphatic carbocycles. The summed E-state index contributed by atoms with van der Waals surface area (Å²) in [6, 6.07) is 14.0. The van der Waals surface area contributed by atoms with Crippen LogP contribution in [0.3, 0.4) is 0 Å². The van der Waals surface area contributed by atoms with Crippen molar-refractivity contribution in [3.63, 3.8) is 0 Å². The standard InChI is InChI=1S/C17H20N2OS/c1-3-11-19(13-15-8-7-12-18(15)2)17(20)14-21-16-9-5-4-6-10-16/h3-10,12H,1,11,13-14H2,2H3. The molecule has 110 valence electrons. The maximum absolute atomic E-state index is 12.4. The van der Waals surface area contributed by atoms with Crippen molar-refractivity contribution in [2.75, 3.05) is 12.3 Å². The van der Waals surface area contributed by atoms with Gasteiger partial charge in [0.15, 0.2) is 0 Å². The van der Waals surface area contributed by atoms with Crippen LogP contribution < -0.4 is 0 Å². The van der Waals surface area contributed by atoms with Crippen LogP contribution in [0.5, 0.6) is 0 Å². The lowest BCUT2D eigenvalue weighted by Crippen LogP contribution is -2.32. The molecule has 2 aromatic rings. The predicted molar refractivity (Wildman–Crippen MR) is 88.2 cm³/mol. The number of hydrogen-bond donors (Lipinski definition) is 0. The molecule has 0 radical (unpaired) electrons. The molecule has 0 saturated carbocycles. The Hall–Kier alpha value is -1.94. The highest BCUT2D eigenvalue weighted by Crippen LogP contribution is 2.18. The van der Waals surface area contributed by atoms with Gasteiger partial charge in [0.05, 0.1) is 12.3 Å². The van der Waals surface area contributed by atoms with E-state index < -0.39 is 0 Å². The summed E-state index contributed by atoms with van der Waals surface area (Å²) in [5, 5.41) is 0. The zero-order valence-electron chi connectivity index (χ0n) is 12.2. The van der Waals surface area contributed by atoms with E-state index in [4.69, 9.17) is 0 Å². The second-order valence-corrected chi connectivity index (χ2v) is 5.82. The van der Waals surface area contributed by atoms with Gasteiger partial charge in [-0.25, -0.2) is 0 Å². The van der Waals surface area contributed by atoms with Crippen LogP contribution in [0.1, 0.15) is 5.69 Å². The van der Waals surface area contributed by atoms with Crippen LogP contribution in [0.15, 0.2) is 66.2 Å². The van der Waals surface area contributed by atoms with Crippen molar-refractivity contribution in [1.82, 2.24) is 9.47 Å². The van der Waals surface area contributed by atoms with Gasteiger partial charge in [0.2, 0.25) is 5.91 Å². The molecule has 0 aliphatic heterocycles. The summed E-state index contributed by atoms with van der Waals surface area (Å²) in [6.07, 6.45) is 3.76. The van der Waals surface area contributed by atoms with Crippen molar-refractivity contribution in [3.8, 4) is 0 Å². The lowest BCUT2D eigenvalue weighted by Gasteiger charge is -2.21. The van der Waals surface area contributed by atoms with Crippen LogP contribution in [0.2, 0.25) is 0 Å². The fourth-order valence-electron chi connectivity index (χ4n) is 2.02. The zero-order valence-corrected chi connectivity index (χ0v) is 13.1. The molecule has 21 heavy (non-hydrogen) atoms. The monoisotopic (exact) mass is 300 g/mol. The molecule has 0 atom stereocenters. The van der Waals surface area contributed by atoms with Gasteiger partial charge in [0, 0.05) is 30.4 Å². The number of nitrogens with zero attached hydrogens (tertiary/aromatic N) is 2. The fourth-order valence-corrected chi connectivity index (χ4v) is 2.84. The van der Waals surface area contributed by atoms with E-state index in [0.717, 1.165) is 10.6 Å². The van der Waals surface area contributed by atoms with Crippen LogP contribution in [0.4, 0.5) is 0 Å². The summed E-state index contributed by atoms with van der Waals surface area (Å²) < 4.78 is 2.04. The van der Waals surface area contributed by atoms with Gasteiger partial charge in [-0.1, -0.05) is 24.3 Å². The Morgan fingerprint density at radius 2 is 2.05 bits per heavy atom. The summed E-state index contributed by atoms with van der Waals surface area (Å²) >= 11 is 1.57. The number of carbonyl (C=O) groups excluding carboxylic acids is 1. The van der Waals surface area contributed by atoms with E-state index in [1.807, 2.05) is 65.2 Å². The molecular formula is C17H20N2OS. The van der Waals surface area contributed by atoms with E-state index in [1.165, 1.54) is 0 Å². The Bertz CT molecular complexity index is 592. The average Bonchev–Trinajstić information content (AvgIpc) is 2.91.